The number of piperidine rings is 1. The van der Waals surface area contributed by atoms with Crippen molar-refractivity contribution < 1.29 is 4.79 Å². The summed E-state index contributed by atoms with van der Waals surface area (Å²) in [6.45, 7) is 3.57. The van der Waals surface area contributed by atoms with Crippen molar-refractivity contribution in [3.63, 3.8) is 0 Å². The number of hydrogen-bond acceptors (Lipinski definition) is 5. The molecular weight excluding hydrogens is 222 g/mol. The Balaban J connectivity index is 1.66. The molecule has 0 unspecified atom stereocenters. The first-order valence-electron chi connectivity index (χ1n) is 5.70. The van der Waals surface area contributed by atoms with E-state index in [1.54, 1.807) is 6.20 Å². The minimum absolute atomic E-state index is 0.101. The first-order chi connectivity index (χ1) is 7.86. The molecular formula is C11H17N3OS. The Morgan fingerprint density at radius 3 is 3.06 bits per heavy atom. The van der Waals surface area contributed by atoms with Crippen molar-refractivity contribution in [3.8, 4) is 0 Å². The van der Waals surface area contributed by atoms with Crippen molar-refractivity contribution in [2.45, 2.75) is 12.8 Å². The van der Waals surface area contributed by atoms with Gasteiger partial charge in [0.05, 0.1) is 6.54 Å². The summed E-state index contributed by atoms with van der Waals surface area (Å²) < 4.78 is 0. The minimum atomic E-state index is 0.101. The summed E-state index contributed by atoms with van der Waals surface area (Å²) in [4.78, 5) is 15.6. The van der Waals surface area contributed by atoms with Gasteiger partial charge in [0.25, 0.3) is 0 Å². The second-order valence-corrected chi connectivity index (χ2v) is 4.98. The maximum Gasteiger partial charge on any atom is 0.205 e. The fraction of sp³-hybridized carbons (Fsp3) is 0.636. The summed E-state index contributed by atoms with van der Waals surface area (Å²) in [6.07, 6.45) is 4.08. The van der Waals surface area contributed by atoms with E-state index in [4.69, 9.17) is 0 Å². The minimum Gasteiger partial charge on any atom is -0.317 e. The summed E-state index contributed by atoms with van der Waals surface area (Å²) in [6, 6.07) is 0. The fourth-order valence-corrected chi connectivity index (χ4v) is 2.49. The molecule has 1 aromatic heterocycles. The highest BCUT2D eigenvalue weighted by Crippen LogP contribution is 2.10. The second-order valence-electron chi connectivity index (χ2n) is 4.08. The van der Waals surface area contributed by atoms with Crippen molar-refractivity contribution in [2.24, 2.45) is 5.92 Å². The van der Waals surface area contributed by atoms with Crippen LogP contribution in [0, 0.1) is 5.92 Å². The molecule has 1 aromatic rings. The van der Waals surface area contributed by atoms with Crippen LogP contribution in [0.3, 0.4) is 0 Å². The van der Waals surface area contributed by atoms with Crippen molar-refractivity contribution in [2.75, 3.05) is 26.2 Å². The number of nitrogens with zero attached hydrogens (tertiary/aromatic N) is 1. The highest BCUT2D eigenvalue weighted by atomic mass is 32.1. The number of rotatable bonds is 5. The van der Waals surface area contributed by atoms with Crippen LogP contribution in [0.25, 0.3) is 0 Å². The third kappa shape index (κ3) is 3.37. The first-order valence-corrected chi connectivity index (χ1v) is 6.58. The highest BCUT2D eigenvalue weighted by Gasteiger charge is 2.13. The van der Waals surface area contributed by atoms with E-state index in [1.165, 1.54) is 24.2 Å². The Labute approximate surface area is 99.5 Å². The van der Waals surface area contributed by atoms with Gasteiger partial charge in [0.15, 0.2) is 5.01 Å². The third-order valence-electron chi connectivity index (χ3n) is 2.85. The molecule has 1 fully saturated rings. The maximum atomic E-state index is 11.6. The Morgan fingerprint density at radius 2 is 2.38 bits per heavy atom. The number of carbonyl (C=O) groups is 1. The van der Waals surface area contributed by atoms with Gasteiger partial charge < -0.3 is 10.6 Å². The zero-order chi connectivity index (χ0) is 11.2. The zero-order valence-corrected chi connectivity index (χ0v) is 10.1. The molecule has 0 bridgehead atoms. The van der Waals surface area contributed by atoms with Gasteiger partial charge in [-0.15, -0.1) is 11.3 Å². The van der Waals surface area contributed by atoms with Gasteiger partial charge in [-0.2, -0.15) is 0 Å². The number of nitrogens with one attached hydrogen (secondary N) is 2. The SMILES string of the molecule is O=C(CNCC1CCNCC1)c1nccs1. The van der Waals surface area contributed by atoms with E-state index in [9.17, 15) is 4.79 Å². The lowest BCUT2D eigenvalue weighted by molar-refractivity contribution is 0.0989. The summed E-state index contributed by atoms with van der Waals surface area (Å²) in [7, 11) is 0. The van der Waals surface area contributed by atoms with E-state index in [0.717, 1.165) is 19.6 Å². The van der Waals surface area contributed by atoms with Crippen molar-refractivity contribution >= 4 is 17.1 Å². The van der Waals surface area contributed by atoms with E-state index >= 15 is 0 Å². The molecule has 0 atom stereocenters. The predicted octanol–water partition coefficient (Wildman–Crippen LogP) is 0.915. The molecule has 16 heavy (non-hydrogen) atoms. The van der Waals surface area contributed by atoms with Crippen LogP contribution in [0.5, 0.6) is 0 Å². The Hall–Kier alpha value is -0.780. The monoisotopic (exact) mass is 239 g/mol. The lowest BCUT2D eigenvalue weighted by Crippen LogP contribution is -2.35. The topological polar surface area (TPSA) is 54.0 Å². The lowest BCUT2D eigenvalue weighted by Gasteiger charge is -2.22. The van der Waals surface area contributed by atoms with Crippen LogP contribution in [-0.2, 0) is 0 Å². The van der Waals surface area contributed by atoms with Gasteiger partial charge in [0.2, 0.25) is 5.78 Å². The van der Waals surface area contributed by atoms with Crippen molar-refractivity contribution in [1.82, 2.24) is 15.6 Å². The molecule has 2 N–H and O–H groups in total. The predicted molar refractivity (Wildman–Crippen MR) is 64.9 cm³/mol. The van der Waals surface area contributed by atoms with E-state index in [2.05, 4.69) is 15.6 Å². The van der Waals surface area contributed by atoms with E-state index in [0.29, 0.717) is 17.5 Å². The molecule has 4 nitrogen and oxygen atoms in total. The van der Waals surface area contributed by atoms with Gasteiger partial charge in [0, 0.05) is 11.6 Å². The van der Waals surface area contributed by atoms with Crippen LogP contribution in [0.4, 0.5) is 0 Å². The summed E-state index contributed by atoms with van der Waals surface area (Å²) in [5.41, 5.74) is 0. The summed E-state index contributed by atoms with van der Waals surface area (Å²) in [5, 5.41) is 9.01. The maximum absolute atomic E-state index is 11.6. The van der Waals surface area contributed by atoms with Gasteiger partial charge in [0.1, 0.15) is 0 Å². The molecule has 2 heterocycles. The van der Waals surface area contributed by atoms with E-state index in [-0.39, 0.29) is 5.78 Å². The first kappa shape index (κ1) is 11.7. The normalized spacial score (nSPS) is 17.5. The van der Waals surface area contributed by atoms with E-state index < -0.39 is 0 Å². The quantitative estimate of drug-likeness (QED) is 0.750. The second kappa shape index (κ2) is 6.08. The van der Waals surface area contributed by atoms with E-state index in [1.807, 2.05) is 5.38 Å². The molecule has 0 aliphatic carbocycles. The molecule has 2 rings (SSSR count). The molecule has 0 aromatic carbocycles. The van der Waals surface area contributed by atoms with Crippen LogP contribution < -0.4 is 10.6 Å². The van der Waals surface area contributed by atoms with Crippen molar-refractivity contribution in [1.29, 1.82) is 0 Å². The average Bonchev–Trinajstić information content (AvgIpc) is 2.84. The molecule has 0 radical (unpaired) electrons. The Bertz CT molecular complexity index is 320. The molecule has 88 valence electrons. The molecule has 0 amide bonds. The van der Waals surface area contributed by atoms with Gasteiger partial charge >= 0.3 is 0 Å². The molecule has 1 aliphatic rings. The third-order valence-corrected chi connectivity index (χ3v) is 3.66. The lowest BCUT2D eigenvalue weighted by atomic mass is 9.98. The van der Waals surface area contributed by atoms with Crippen LogP contribution >= 0.6 is 11.3 Å². The molecule has 0 spiro atoms. The highest BCUT2D eigenvalue weighted by molar-refractivity contribution is 7.11. The van der Waals surface area contributed by atoms with Gasteiger partial charge in [-0.1, -0.05) is 0 Å². The average molecular weight is 239 g/mol. The zero-order valence-electron chi connectivity index (χ0n) is 9.24. The standard InChI is InChI=1S/C11H17N3OS/c15-10(11-14-5-6-16-11)8-13-7-9-1-3-12-4-2-9/h5-6,9,12-13H,1-4,7-8H2. The molecule has 0 saturated carbocycles. The van der Waals surface area contributed by atoms with Crippen LogP contribution in [0.2, 0.25) is 0 Å². The number of carbonyl (C=O) groups excluding carboxylic acids is 1. The molecule has 1 saturated heterocycles. The summed E-state index contributed by atoms with van der Waals surface area (Å²) >= 11 is 1.41. The fourth-order valence-electron chi connectivity index (χ4n) is 1.91. The number of hydrogen-bond donors (Lipinski definition) is 2. The number of thiazole rings is 1. The van der Waals surface area contributed by atoms with Crippen LogP contribution in [-0.4, -0.2) is 36.9 Å². The largest absolute Gasteiger partial charge is 0.317 e. The van der Waals surface area contributed by atoms with Gasteiger partial charge in [-0.25, -0.2) is 4.98 Å². The van der Waals surface area contributed by atoms with Crippen LogP contribution in [0.15, 0.2) is 11.6 Å². The van der Waals surface area contributed by atoms with Gasteiger partial charge in [-0.3, -0.25) is 4.79 Å². The smallest absolute Gasteiger partial charge is 0.205 e. The molecule has 5 heteroatoms. The number of Topliss-reactive ketones (excluding diaryl/α,β-unsaturated/α-hetero) is 1. The summed E-state index contributed by atoms with van der Waals surface area (Å²) in [5.74, 6) is 0.814. The Morgan fingerprint density at radius 1 is 1.56 bits per heavy atom. The van der Waals surface area contributed by atoms with Crippen LogP contribution in [0.1, 0.15) is 22.6 Å². The van der Waals surface area contributed by atoms with Crippen molar-refractivity contribution in [3.05, 3.63) is 16.6 Å². The van der Waals surface area contributed by atoms with Gasteiger partial charge in [-0.05, 0) is 38.4 Å². The Kier molecular flexibility index (Phi) is 4.44. The number of aromatic nitrogens is 1. The number of ketones is 1. The molecule has 1 aliphatic heterocycles.